The summed E-state index contributed by atoms with van der Waals surface area (Å²) in [5.74, 6) is 0. The fraction of sp³-hybridized carbons (Fsp3) is 0.467. The molecule has 0 heterocycles. The number of anilines is 1. The Balaban J connectivity index is 3.45. The molecule has 4 N–H and O–H groups in total. The largest absolute Gasteiger partial charge is 0.394 e. The van der Waals surface area contributed by atoms with E-state index < -0.39 is 6.43 Å². The maximum atomic E-state index is 13.3. The molecule has 0 unspecified atom stereocenters. The minimum absolute atomic E-state index is 0.0150. The van der Waals surface area contributed by atoms with Gasteiger partial charge in [0.15, 0.2) is 0 Å². The summed E-state index contributed by atoms with van der Waals surface area (Å²) < 4.78 is 26.6. The second kappa shape index (κ2) is 7.85. The van der Waals surface area contributed by atoms with Gasteiger partial charge in [0.2, 0.25) is 0 Å². The average Bonchev–Trinajstić information content (AvgIpc) is 2.44. The Hall–Kier alpha value is -1.62. The van der Waals surface area contributed by atoms with Gasteiger partial charge in [0, 0.05) is 38.1 Å². The number of aryl methyl sites for hydroxylation is 1. The summed E-state index contributed by atoms with van der Waals surface area (Å²) in [6.07, 6.45) is 0.940. The Kier molecular flexibility index (Phi) is 6.45. The van der Waals surface area contributed by atoms with Crippen LogP contribution in [0.5, 0.6) is 0 Å². The van der Waals surface area contributed by atoms with Crippen LogP contribution in [0.2, 0.25) is 0 Å². The summed E-state index contributed by atoms with van der Waals surface area (Å²) in [6, 6.07) is 3.36. The lowest BCUT2D eigenvalue weighted by Gasteiger charge is -2.17. The molecular formula is C15H23F2N3. The van der Waals surface area contributed by atoms with Crippen molar-refractivity contribution in [2.45, 2.75) is 26.2 Å². The highest BCUT2D eigenvalue weighted by Gasteiger charge is 2.18. The number of nitrogens with two attached hydrogens (primary N) is 1. The molecule has 0 bridgehead atoms. The first kappa shape index (κ1) is 16.4. The summed E-state index contributed by atoms with van der Waals surface area (Å²) >= 11 is 0. The first-order chi connectivity index (χ1) is 9.58. The maximum Gasteiger partial charge on any atom is 0.264 e. The summed E-state index contributed by atoms with van der Waals surface area (Å²) in [5, 5.41) is 5.85. The third-order valence-corrected chi connectivity index (χ3v) is 3.18. The molecular weight excluding hydrogens is 260 g/mol. The minimum Gasteiger partial charge on any atom is -0.394 e. The van der Waals surface area contributed by atoms with Crippen molar-refractivity contribution < 1.29 is 8.78 Å². The van der Waals surface area contributed by atoms with Crippen LogP contribution >= 0.6 is 0 Å². The standard InChI is InChI=1S/C15H23F2N3/c1-4-5-10-6-12(11(8-18)9-19-2)13(15(16)17)7-14(10)20-3/h6-7,9,15,19-20H,4-5,8,18H2,1-3H3/b11-9+. The van der Waals surface area contributed by atoms with E-state index in [0.29, 0.717) is 11.1 Å². The van der Waals surface area contributed by atoms with Gasteiger partial charge in [-0.2, -0.15) is 0 Å². The van der Waals surface area contributed by atoms with Crippen LogP contribution in [-0.2, 0) is 6.42 Å². The Morgan fingerprint density at radius 3 is 2.50 bits per heavy atom. The summed E-state index contributed by atoms with van der Waals surface area (Å²) in [5.41, 5.74) is 8.70. The molecule has 20 heavy (non-hydrogen) atoms. The predicted octanol–water partition coefficient (Wildman–Crippen LogP) is 3.14. The second-order valence-electron chi connectivity index (χ2n) is 4.56. The topological polar surface area (TPSA) is 50.1 Å². The van der Waals surface area contributed by atoms with Crippen molar-refractivity contribution in [1.82, 2.24) is 5.32 Å². The zero-order valence-corrected chi connectivity index (χ0v) is 12.3. The third-order valence-electron chi connectivity index (χ3n) is 3.18. The van der Waals surface area contributed by atoms with Crippen LogP contribution in [0, 0.1) is 0 Å². The lowest BCUT2D eigenvalue weighted by Crippen LogP contribution is -2.10. The smallest absolute Gasteiger partial charge is 0.264 e. The molecule has 1 aromatic carbocycles. The summed E-state index contributed by atoms with van der Waals surface area (Å²) in [7, 11) is 3.48. The van der Waals surface area contributed by atoms with Crippen LogP contribution in [0.15, 0.2) is 18.3 Å². The number of benzene rings is 1. The average molecular weight is 283 g/mol. The normalized spacial score (nSPS) is 11.8. The van der Waals surface area contributed by atoms with Crippen LogP contribution in [0.3, 0.4) is 0 Å². The van der Waals surface area contributed by atoms with Crippen LogP contribution in [0.25, 0.3) is 5.57 Å². The molecule has 5 heteroatoms. The monoisotopic (exact) mass is 283 g/mol. The number of hydrogen-bond donors (Lipinski definition) is 3. The number of rotatable bonds is 7. The van der Waals surface area contributed by atoms with Gasteiger partial charge in [-0.15, -0.1) is 0 Å². The Morgan fingerprint density at radius 2 is 2.05 bits per heavy atom. The van der Waals surface area contributed by atoms with Gasteiger partial charge in [-0.1, -0.05) is 13.3 Å². The lowest BCUT2D eigenvalue weighted by atomic mass is 9.94. The molecule has 0 amide bonds. The van der Waals surface area contributed by atoms with E-state index in [0.717, 1.165) is 24.1 Å². The highest BCUT2D eigenvalue weighted by atomic mass is 19.3. The van der Waals surface area contributed by atoms with Crippen molar-refractivity contribution in [1.29, 1.82) is 0 Å². The molecule has 0 aliphatic heterocycles. The van der Waals surface area contributed by atoms with Crippen LogP contribution in [0.4, 0.5) is 14.5 Å². The first-order valence-corrected chi connectivity index (χ1v) is 6.78. The van der Waals surface area contributed by atoms with Gasteiger partial charge in [0.05, 0.1) is 0 Å². The van der Waals surface area contributed by atoms with Crippen molar-refractivity contribution in [3.63, 3.8) is 0 Å². The van der Waals surface area contributed by atoms with Gasteiger partial charge in [0.25, 0.3) is 6.43 Å². The van der Waals surface area contributed by atoms with E-state index in [1.54, 1.807) is 20.3 Å². The molecule has 0 spiro atoms. The molecule has 0 atom stereocenters. The molecule has 112 valence electrons. The van der Waals surface area contributed by atoms with Crippen molar-refractivity contribution in [3.05, 3.63) is 35.0 Å². The molecule has 0 aliphatic rings. The molecule has 0 aliphatic carbocycles. The number of nitrogens with one attached hydrogen (secondary N) is 2. The van der Waals surface area contributed by atoms with Crippen LogP contribution in [0.1, 0.15) is 36.5 Å². The van der Waals surface area contributed by atoms with Crippen molar-refractivity contribution in [3.8, 4) is 0 Å². The Labute approximate surface area is 119 Å². The van der Waals surface area contributed by atoms with Gasteiger partial charge < -0.3 is 16.4 Å². The molecule has 0 aromatic heterocycles. The van der Waals surface area contributed by atoms with E-state index in [1.165, 1.54) is 6.07 Å². The minimum atomic E-state index is -2.53. The number of halogens is 2. The van der Waals surface area contributed by atoms with Gasteiger partial charge in [-0.3, -0.25) is 0 Å². The maximum absolute atomic E-state index is 13.3. The van der Waals surface area contributed by atoms with Gasteiger partial charge in [0.1, 0.15) is 0 Å². The van der Waals surface area contributed by atoms with E-state index in [-0.39, 0.29) is 12.1 Å². The van der Waals surface area contributed by atoms with Crippen molar-refractivity contribution in [2.24, 2.45) is 5.73 Å². The Morgan fingerprint density at radius 1 is 1.35 bits per heavy atom. The Bertz CT molecular complexity index is 470. The van der Waals surface area contributed by atoms with E-state index in [1.807, 2.05) is 6.07 Å². The fourth-order valence-corrected chi connectivity index (χ4v) is 2.25. The van der Waals surface area contributed by atoms with E-state index in [9.17, 15) is 8.78 Å². The number of alkyl halides is 2. The highest BCUT2D eigenvalue weighted by Crippen LogP contribution is 2.33. The molecule has 0 saturated carbocycles. The molecule has 0 saturated heterocycles. The third kappa shape index (κ3) is 3.70. The van der Waals surface area contributed by atoms with Crippen LogP contribution in [-0.4, -0.2) is 20.6 Å². The van der Waals surface area contributed by atoms with Crippen molar-refractivity contribution >= 4 is 11.3 Å². The summed E-state index contributed by atoms with van der Waals surface area (Å²) in [6.45, 7) is 2.28. The molecule has 1 aromatic rings. The quantitative estimate of drug-likeness (QED) is 0.720. The van der Waals surface area contributed by atoms with Gasteiger partial charge >= 0.3 is 0 Å². The molecule has 0 radical (unpaired) electrons. The van der Waals surface area contributed by atoms with Gasteiger partial charge in [-0.05, 0) is 35.3 Å². The summed E-state index contributed by atoms with van der Waals surface area (Å²) in [4.78, 5) is 0. The SMILES string of the molecule is CCCc1cc(/C(=C/NC)CN)c(C(F)F)cc1NC. The van der Waals surface area contributed by atoms with E-state index in [4.69, 9.17) is 5.73 Å². The molecule has 0 fully saturated rings. The van der Waals surface area contributed by atoms with Crippen LogP contribution < -0.4 is 16.4 Å². The fourth-order valence-electron chi connectivity index (χ4n) is 2.25. The number of hydrogen-bond acceptors (Lipinski definition) is 3. The predicted molar refractivity (Wildman–Crippen MR) is 81.0 cm³/mol. The van der Waals surface area contributed by atoms with E-state index in [2.05, 4.69) is 17.6 Å². The molecule has 1 rings (SSSR count). The van der Waals surface area contributed by atoms with Gasteiger partial charge in [-0.25, -0.2) is 8.78 Å². The first-order valence-electron chi connectivity index (χ1n) is 6.78. The highest BCUT2D eigenvalue weighted by molar-refractivity contribution is 5.73. The second-order valence-corrected chi connectivity index (χ2v) is 4.56. The zero-order valence-electron chi connectivity index (χ0n) is 12.3. The molecule has 3 nitrogen and oxygen atoms in total. The van der Waals surface area contributed by atoms with E-state index >= 15 is 0 Å². The zero-order chi connectivity index (χ0) is 15.1. The van der Waals surface area contributed by atoms with Crippen molar-refractivity contribution in [2.75, 3.05) is 26.0 Å². The lowest BCUT2D eigenvalue weighted by molar-refractivity contribution is 0.151.